The van der Waals surface area contributed by atoms with Gasteiger partial charge in [0.25, 0.3) is 0 Å². The third-order valence-electron chi connectivity index (χ3n) is 3.95. The SMILES string of the molecule is Cc1cccc(CS(=O)(=O)N[C@H]2COC[C@H]2CS(=O)(=O)N(C)C)c1. The second-order valence-electron chi connectivity index (χ2n) is 6.33. The van der Waals surface area contributed by atoms with Gasteiger partial charge in [0.1, 0.15) is 0 Å². The highest BCUT2D eigenvalue weighted by atomic mass is 32.2. The van der Waals surface area contributed by atoms with Gasteiger partial charge >= 0.3 is 0 Å². The van der Waals surface area contributed by atoms with E-state index in [2.05, 4.69) is 4.72 Å². The molecule has 1 aliphatic rings. The van der Waals surface area contributed by atoms with Crippen LogP contribution in [0, 0.1) is 12.8 Å². The van der Waals surface area contributed by atoms with Crippen molar-refractivity contribution in [3.05, 3.63) is 35.4 Å². The topological polar surface area (TPSA) is 92.8 Å². The van der Waals surface area contributed by atoms with E-state index >= 15 is 0 Å². The fourth-order valence-corrected chi connectivity index (χ4v) is 5.20. The summed E-state index contributed by atoms with van der Waals surface area (Å²) in [5.74, 6) is -0.680. The van der Waals surface area contributed by atoms with E-state index in [9.17, 15) is 16.8 Å². The smallest absolute Gasteiger partial charge is 0.216 e. The molecule has 1 aromatic rings. The number of benzene rings is 1. The molecule has 1 aliphatic heterocycles. The monoisotopic (exact) mass is 376 g/mol. The van der Waals surface area contributed by atoms with Crippen molar-refractivity contribution in [1.29, 1.82) is 0 Å². The van der Waals surface area contributed by atoms with Crippen molar-refractivity contribution in [2.75, 3.05) is 33.1 Å². The molecule has 7 nitrogen and oxygen atoms in total. The fraction of sp³-hybridized carbons (Fsp3) is 0.600. The van der Waals surface area contributed by atoms with Crippen LogP contribution in [0.25, 0.3) is 0 Å². The average molecular weight is 377 g/mol. The molecule has 136 valence electrons. The van der Waals surface area contributed by atoms with Gasteiger partial charge in [0.05, 0.1) is 30.8 Å². The average Bonchev–Trinajstić information content (AvgIpc) is 2.83. The molecule has 1 N–H and O–H groups in total. The molecule has 24 heavy (non-hydrogen) atoms. The van der Waals surface area contributed by atoms with E-state index < -0.39 is 32.0 Å². The van der Waals surface area contributed by atoms with Crippen LogP contribution in [0.3, 0.4) is 0 Å². The lowest BCUT2D eigenvalue weighted by Gasteiger charge is -2.21. The lowest BCUT2D eigenvalue weighted by Crippen LogP contribution is -2.43. The van der Waals surface area contributed by atoms with E-state index in [1.807, 2.05) is 25.1 Å². The molecule has 9 heteroatoms. The molecular formula is C15H24N2O5S2. The molecule has 0 bridgehead atoms. The van der Waals surface area contributed by atoms with E-state index in [4.69, 9.17) is 4.74 Å². The Morgan fingerprint density at radius 1 is 1.21 bits per heavy atom. The van der Waals surface area contributed by atoms with Gasteiger partial charge in [-0.1, -0.05) is 29.8 Å². The van der Waals surface area contributed by atoms with Crippen LogP contribution in [0.15, 0.2) is 24.3 Å². The number of nitrogens with one attached hydrogen (secondary N) is 1. The van der Waals surface area contributed by atoms with Crippen LogP contribution in [0.1, 0.15) is 11.1 Å². The summed E-state index contributed by atoms with van der Waals surface area (Å²) < 4.78 is 57.9. The molecule has 0 spiro atoms. The Morgan fingerprint density at radius 2 is 1.92 bits per heavy atom. The second-order valence-corrected chi connectivity index (χ2v) is 10.3. The molecule has 1 fully saturated rings. The van der Waals surface area contributed by atoms with Crippen molar-refractivity contribution < 1.29 is 21.6 Å². The van der Waals surface area contributed by atoms with Crippen LogP contribution in [0.4, 0.5) is 0 Å². The normalized spacial score (nSPS) is 22.2. The van der Waals surface area contributed by atoms with Crippen molar-refractivity contribution in [2.24, 2.45) is 5.92 Å². The minimum atomic E-state index is -3.58. The molecule has 0 saturated carbocycles. The lowest BCUT2D eigenvalue weighted by molar-refractivity contribution is 0.185. The number of hydrogen-bond acceptors (Lipinski definition) is 5. The van der Waals surface area contributed by atoms with Crippen molar-refractivity contribution in [3.63, 3.8) is 0 Å². The molecule has 1 heterocycles. The van der Waals surface area contributed by atoms with E-state index in [1.54, 1.807) is 6.07 Å². The van der Waals surface area contributed by atoms with E-state index in [-0.39, 0.29) is 24.7 Å². The van der Waals surface area contributed by atoms with Crippen LogP contribution in [-0.2, 0) is 30.5 Å². The van der Waals surface area contributed by atoms with Gasteiger partial charge in [-0.15, -0.1) is 0 Å². The predicted octanol–water partition coefficient (Wildman–Crippen LogP) is 0.321. The maximum atomic E-state index is 12.4. The number of aryl methyl sites for hydroxylation is 1. The standard InChI is InChI=1S/C15H24N2O5S2/c1-12-5-4-6-13(7-12)10-23(18,19)16-15-9-22-8-14(15)11-24(20,21)17(2)3/h4-7,14-16H,8-11H2,1-3H3/t14-,15-/m0/s1. The summed E-state index contributed by atoms with van der Waals surface area (Å²) in [6.45, 7) is 2.31. The third-order valence-corrected chi connectivity index (χ3v) is 7.29. The zero-order valence-electron chi connectivity index (χ0n) is 14.1. The highest BCUT2D eigenvalue weighted by molar-refractivity contribution is 7.89. The van der Waals surface area contributed by atoms with Gasteiger partial charge in [-0.05, 0) is 12.5 Å². The Bertz CT molecular complexity index is 775. The van der Waals surface area contributed by atoms with Crippen LogP contribution in [0.2, 0.25) is 0 Å². The molecule has 0 unspecified atom stereocenters. The minimum absolute atomic E-state index is 0.141. The van der Waals surface area contributed by atoms with Crippen LogP contribution in [0.5, 0.6) is 0 Å². The van der Waals surface area contributed by atoms with Crippen LogP contribution in [-0.4, -0.2) is 60.2 Å². The van der Waals surface area contributed by atoms with Gasteiger partial charge in [-0.3, -0.25) is 0 Å². The quantitative estimate of drug-likeness (QED) is 0.740. The Kier molecular flexibility index (Phi) is 6.03. The Hall–Kier alpha value is -1.00. The summed E-state index contributed by atoms with van der Waals surface area (Å²) in [5, 5.41) is 0. The molecular weight excluding hydrogens is 352 g/mol. The maximum absolute atomic E-state index is 12.4. The Balaban J connectivity index is 2.05. The van der Waals surface area contributed by atoms with Gasteiger partial charge in [0, 0.05) is 20.0 Å². The highest BCUT2D eigenvalue weighted by Gasteiger charge is 2.35. The van der Waals surface area contributed by atoms with E-state index in [0.717, 1.165) is 9.87 Å². The summed E-state index contributed by atoms with van der Waals surface area (Å²) >= 11 is 0. The first-order chi connectivity index (χ1) is 11.1. The summed E-state index contributed by atoms with van der Waals surface area (Å²) in [7, 11) is -4.08. The molecule has 1 aromatic carbocycles. The predicted molar refractivity (Wildman–Crippen MR) is 92.5 cm³/mol. The number of rotatable bonds is 7. The molecule has 2 atom stereocenters. The zero-order chi connectivity index (χ0) is 18.0. The molecule has 2 rings (SSSR count). The molecule has 0 amide bonds. The molecule has 0 radical (unpaired) electrons. The third kappa shape index (κ3) is 5.25. The zero-order valence-corrected chi connectivity index (χ0v) is 15.7. The molecule has 0 aliphatic carbocycles. The van der Waals surface area contributed by atoms with Gasteiger partial charge < -0.3 is 4.74 Å². The summed E-state index contributed by atoms with van der Waals surface area (Å²) in [6.07, 6.45) is 0. The summed E-state index contributed by atoms with van der Waals surface area (Å²) in [5.41, 5.74) is 1.68. The first kappa shape index (κ1) is 19.3. The van der Waals surface area contributed by atoms with Gasteiger partial charge in [-0.25, -0.2) is 25.9 Å². The van der Waals surface area contributed by atoms with Crippen molar-refractivity contribution >= 4 is 20.0 Å². The highest BCUT2D eigenvalue weighted by Crippen LogP contribution is 2.19. The summed E-state index contributed by atoms with van der Waals surface area (Å²) in [6, 6.07) is 6.75. The van der Waals surface area contributed by atoms with Gasteiger partial charge in [0.2, 0.25) is 20.0 Å². The first-order valence-corrected chi connectivity index (χ1v) is 10.9. The maximum Gasteiger partial charge on any atom is 0.216 e. The number of ether oxygens (including phenoxy) is 1. The van der Waals surface area contributed by atoms with Crippen molar-refractivity contribution in [1.82, 2.24) is 9.03 Å². The Labute approximate surface area is 144 Å². The van der Waals surface area contributed by atoms with Crippen molar-refractivity contribution in [2.45, 2.75) is 18.7 Å². The second kappa shape index (κ2) is 7.49. The van der Waals surface area contributed by atoms with Gasteiger partial charge in [-0.2, -0.15) is 0 Å². The van der Waals surface area contributed by atoms with Crippen molar-refractivity contribution in [3.8, 4) is 0 Å². The number of nitrogens with zero attached hydrogens (tertiary/aromatic N) is 1. The largest absolute Gasteiger partial charge is 0.379 e. The first-order valence-electron chi connectivity index (χ1n) is 7.62. The number of sulfonamides is 2. The van der Waals surface area contributed by atoms with Crippen LogP contribution < -0.4 is 4.72 Å². The Morgan fingerprint density at radius 3 is 2.54 bits per heavy atom. The fourth-order valence-electron chi connectivity index (χ4n) is 2.61. The molecule has 1 saturated heterocycles. The van der Waals surface area contributed by atoms with E-state index in [1.165, 1.54) is 14.1 Å². The minimum Gasteiger partial charge on any atom is -0.379 e. The lowest BCUT2D eigenvalue weighted by atomic mass is 10.1. The van der Waals surface area contributed by atoms with Crippen LogP contribution >= 0.6 is 0 Å². The number of hydrogen-bond donors (Lipinski definition) is 1. The summed E-state index contributed by atoms with van der Waals surface area (Å²) in [4.78, 5) is 0. The van der Waals surface area contributed by atoms with E-state index in [0.29, 0.717) is 5.56 Å². The van der Waals surface area contributed by atoms with Gasteiger partial charge in [0.15, 0.2) is 0 Å². The molecule has 0 aromatic heterocycles.